The number of hydrogen-bond donors (Lipinski definition) is 7. The zero-order chi connectivity index (χ0) is 27.3. The summed E-state index contributed by atoms with van der Waals surface area (Å²) in [6.07, 6.45) is -4.25. The number of carboxylic acid groups (broad SMARTS) is 1. The minimum absolute atomic E-state index is 0.0452. The van der Waals surface area contributed by atoms with Crippen LogP contribution in [0.2, 0.25) is 0 Å². The molecule has 2 aromatic rings. The summed E-state index contributed by atoms with van der Waals surface area (Å²) < 4.78 is 10.4. The first-order valence-electron chi connectivity index (χ1n) is 11.1. The van der Waals surface area contributed by atoms with Crippen LogP contribution in [0.5, 0.6) is 23.0 Å². The van der Waals surface area contributed by atoms with E-state index in [9.17, 15) is 50.1 Å². The zero-order valence-electron chi connectivity index (χ0n) is 19.4. The van der Waals surface area contributed by atoms with E-state index >= 15 is 0 Å². The number of carbonyl (C=O) groups is 3. The van der Waals surface area contributed by atoms with Crippen LogP contribution in [0, 0.1) is 0 Å². The average molecular weight is 518 g/mol. The molecule has 0 aromatic heterocycles. The molecule has 3 rings (SSSR count). The van der Waals surface area contributed by atoms with Crippen LogP contribution in [0.4, 0.5) is 0 Å². The molecule has 198 valence electrons. The second-order valence-corrected chi connectivity index (χ2v) is 8.62. The molecule has 37 heavy (non-hydrogen) atoms. The first-order chi connectivity index (χ1) is 17.4. The molecule has 0 unspecified atom stereocenters. The highest BCUT2D eigenvalue weighted by molar-refractivity contribution is 5.87. The minimum Gasteiger partial charge on any atom is -0.504 e. The van der Waals surface area contributed by atoms with Crippen LogP contribution >= 0.6 is 0 Å². The van der Waals surface area contributed by atoms with Gasteiger partial charge in [0.15, 0.2) is 23.0 Å². The number of phenols is 4. The summed E-state index contributed by atoms with van der Waals surface area (Å²) in [6.45, 7) is 0. The summed E-state index contributed by atoms with van der Waals surface area (Å²) in [5.74, 6) is -5.08. The molecule has 0 heterocycles. The van der Waals surface area contributed by atoms with Gasteiger partial charge in [0.25, 0.3) is 0 Å². The number of aliphatic hydroxyl groups is 2. The summed E-state index contributed by atoms with van der Waals surface area (Å²) in [7, 11) is 0. The van der Waals surface area contributed by atoms with Crippen LogP contribution in [0.25, 0.3) is 6.08 Å². The molecule has 0 saturated heterocycles. The molecule has 7 N–H and O–H groups in total. The van der Waals surface area contributed by atoms with Crippen molar-refractivity contribution in [2.24, 2.45) is 0 Å². The molecule has 12 heteroatoms. The number of phenolic OH excluding ortho intramolecular Hbond substituents is 4. The molecule has 0 bridgehead atoms. The lowest BCUT2D eigenvalue weighted by Gasteiger charge is -2.41. The molecule has 1 saturated carbocycles. The van der Waals surface area contributed by atoms with E-state index in [1.54, 1.807) is 0 Å². The first-order valence-corrected chi connectivity index (χ1v) is 11.1. The van der Waals surface area contributed by atoms with Crippen molar-refractivity contribution in [3.8, 4) is 23.0 Å². The van der Waals surface area contributed by atoms with E-state index in [1.807, 2.05) is 0 Å². The van der Waals surface area contributed by atoms with Crippen molar-refractivity contribution < 1.29 is 59.6 Å². The van der Waals surface area contributed by atoms with Gasteiger partial charge in [0, 0.05) is 25.3 Å². The number of aromatic hydroxyl groups is 4. The maximum atomic E-state index is 12.5. The van der Waals surface area contributed by atoms with Crippen LogP contribution in [-0.2, 0) is 30.3 Å². The molecule has 12 nitrogen and oxygen atoms in total. The number of ether oxygens (including phenoxy) is 2. The first kappa shape index (κ1) is 27.3. The SMILES string of the molecule is O=C(/C=C/c1ccc(O)c(O)c1)O[C@@H]1C[C@@](OC(=O)CCc2ccc(O)c(O)c2)(C(=O)O)C[C@@H](O)[C@@H]1O. The van der Waals surface area contributed by atoms with Crippen molar-refractivity contribution >= 4 is 24.0 Å². The standard InChI is InChI=1S/C25H26O12/c26-15-5-1-13(9-17(15)28)3-7-21(31)36-20-12-25(24(34)35,11-19(30)23(20)33)37-22(32)8-4-14-2-6-16(27)18(29)10-14/h1-3,5-7,9-10,19-20,23,26-30,33H,4,8,11-12H2,(H,34,35)/b7-3+/t19-,20-,23+,25-/m1/s1. The van der Waals surface area contributed by atoms with Crippen molar-refractivity contribution in [3.05, 3.63) is 53.6 Å². The lowest BCUT2D eigenvalue weighted by atomic mass is 9.79. The van der Waals surface area contributed by atoms with Crippen LogP contribution in [0.1, 0.15) is 30.4 Å². The Balaban J connectivity index is 1.68. The Morgan fingerprint density at radius 3 is 2.19 bits per heavy atom. The number of aliphatic hydroxyl groups excluding tert-OH is 2. The van der Waals surface area contributed by atoms with Crippen molar-refractivity contribution in [1.82, 2.24) is 0 Å². The fourth-order valence-electron chi connectivity index (χ4n) is 3.89. The van der Waals surface area contributed by atoms with Gasteiger partial charge < -0.3 is 45.2 Å². The summed E-state index contributed by atoms with van der Waals surface area (Å²) in [4.78, 5) is 36.9. The van der Waals surface area contributed by atoms with Gasteiger partial charge in [-0.25, -0.2) is 9.59 Å². The van der Waals surface area contributed by atoms with Gasteiger partial charge in [-0.1, -0.05) is 12.1 Å². The van der Waals surface area contributed by atoms with Gasteiger partial charge in [0.05, 0.1) is 6.10 Å². The second-order valence-electron chi connectivity index (χ2n) is 8.62. The van der Waals surface area contributed by atoms with Gasteiger partial charge >= 0.3 is 17.9 Å². The normalized spacial score (nSPS) is 23.5. The van der Waals surface area contributed by atoms with Crippen molar-refractivity contribution in [2.45, 2.75) is 49.6 Å². The zero-order valence-corrected chi connectivity index (χ0v) is 19.4. The van der Waals surface area contributed by atoms with Gasteiger partial charge in [-0.15, -0.1) is 0 Å². The Morgan fingerprint density at radius 1 is 0.919 bits per heavy atom. The van der Waals surface area contributed by atoms with Gasteiger partial charge in [0.2, 0.25) is 5.60 Å². The molecule has 4 atom stereocenters. The van der Waals surface area contributed by atoms with E-state index in [2.05, 4.69) is 0 Å². The molecule has 0 amide bonds. The molecule has 1 aliphatic carbocycles. The van der Waals surface area contributed by atoms with E-state index in [0.29, 0.717) is 11.1 Å². The third-order valence-corrected chi connectivity index (χ3v) is 5.88. The third-order valence-electron chi connectivity index (χ3n) is 5.88. The predicted molar refractivity (Wildman–Crippen MR) is 124 cm³/mol. The molecule has 0 spiro atoms. The van der Waals surface area contributed by atoms with Crippen molar-refractivity contribution in [3.63, 3.8) is 0 Å². The lowest BCUT2D eigenvalue weighted by Crippen LogP contribution is -2.58. The molecular weight excluding hydrogens is 492 g/mol. The van der Waals surface area contributed by atoms with Gasteiger partial charge in [0.1, 0.15) is 12.2 Å². The molecule has 1 fully saturated rings. The largest absolute Gasteiger partial charge is 0.504 e. The number of hydrogen-bond acceptors (Lipinski definition) is 11. The van der Waals surface area contributed by atoms with E-state index in [4.69, 9.17) is 9.47 Å². The summed E-state index contributed by atoms with van der Waals surface area (Å²) in [5, 5.41) is 68.2. The number of aryl methyl sites for hydroxylation is 1. The Bertz CT molecular complexity index is 1210. The third kappa shape index (κ3) is 6.68. The molecule has 0 radical (unpaired) electrons. The minimum atomic E-state index is -2.29. The van der Waals surface area contributed by atoms with Gasteiger partial charge in [-0.05, 0) is 47.9 Å². The van der Waals surface area contributed by atoms with Crippen molar-refractivity contribution in [1.29, 1.82) is 0 Å². The molecule has 2 aromatic carbocycles. The van der Waals surface area contributed by atoms with Crippen molar-refractivity contribution in [2.75, 3.05) is 0 Å². The van der Waals surface area contributed by atoms with E-state index in [1.165, 1.54) is 42.5 Å². The number of aliphatic carboxylic acids is 1. The maximum Gasteiger partial charge on any atom is 0.348 e. The Hall–Kier alpha value is -4.29. The lowest BCUT2D eigenvalue weighted by molar-refractivity contribution is -0.209. The van der Waals surface area contributed by atoms with E-state index < -0.39 is 66.2 Å². The predicted octanol–water partition coefficient (Wildman–Crippen LogP) is 0.949. The van der Waals surface area contributed by atoms with Crippen LogP contribution in [-0.4, -0.2) is 77.6 Å². The average Bonchev–Trinajstić information content (AvgIpc) is 2.83. The number of carboxylic acids is 1. The molecule has 1 aliphatic rings. The maximum absolute atomic E-state index is 12.5. The topological polar surface area (TPSA) is 211 Å². The Labute approximate surface area is 210 Å². The van der Waals surface area contributed by atoms with Crippen LogP contribution < -0.4 is 0 Å². The number of rotatable bonds is 8. The van der Waals surface area contributed by atoms with Crippen LogP contribution in [0.3, 0.4) is 0 Å². The summed E-state index contributed by atoms with van der Waals surface area (Å²) in [6, 6.07) is 7.68. The smallest absolute Gasteiger partial charge is 0.348 e. The van der Waals surface area contributed by atoms with Gasteiger partial charge in [-0.2, -0.15) is 0 Å². The fourth-order valence-corrected chi connectivity index (χ4v) is 3.89. The number of esters is 2. The second kappa shape index (κ2) is 11.2. The Morgan fingerprint density at radius 2 is 1.57 bits per heavy atom. The summed E-state index contributed by atoms with van der Waals surface area (Å²) >= 11 is 0. The highest BCUT2D eigenvalue weighted by Gasteiger charge is 2.54. The van der Waals surface area contributed by atoms with E-state index in [-0.39, 0.29) is 24.3 Å². The highest BCUT2D eigenvalue weighted by atomic mass is 16.6. The highest BCUT2D eigenvalue weighted by Crippen LogP contribution is 2.35. The monoisotopic (exact) mass is 518 g/mol. The number of benzene rings is 2. The quantitative estimate of drug-likeness (QED) is 0.148. The number of carbonyl (C=O) groups excluding carboxylic acids is 2. The van der Waals surface area contributed by atoms with Gasteiger partial charge in [-0.3, -0.25) is 4.79 Å². The fraction of sp³-hybridized carbons (Fsp3) is 0.320. The molecule has 0 aliphatic heterocycles. The molecular formula is C25H26O12. The Kier molecular flexibility index (Phi) is 8.25. The van der Waals surface area contributed by atoms with Crippen LogP contribution in [0.15, 0.2) is 42.5 Å². The van der Waals surface area contributed by atoms with E-state index in [0.717, 1.165) is 6.08 Å². The summed E-state index contributed by atoms with van der Waals surface area (Å²) in [5.41, 5.74) is -1.49.